The van der Waals surface area contributed by atoms with Crippen LogP contribution >= 0.6 is 11.6 Å². The van der Waals surface area contributed by atoms with Crippen LogP contribution in [0, 0.1) is 5.82 Å². The Bertz CT molecular complexity index is 1060. The molecule has 3 aromatic rings. The largest absolute Gasteiger partial charge is 0.356 e. The van der Waals surface area contributed by atoms with Gasteiger partial charge in [0.2, 0.25) is 11.7 Å². The van der Waals surface area contributed by atoms with Crippen LogP contribution in [-0.4, -0.2) is 53.8 Å². The predicted octanol–water partition coefficient (Wildman–Crippen LogP) is 2.91. The van der Waals surface area contributed by atoms with Crippen molar-refractivity contribution in [1.29, 1.82) is 0 Å². The Morgan fingerprint density at radius 1 is 1.35 bits per heavy atom. The third-order valence-electron chi connectivity index (χ3n) is 4.97. The monoisotopic (exact) mass is 443 g/mol. The molecule has 1 aliphatic rings. The molecule has 162 valence electrons. The van der Waals surface area contributed by atoms with E-state index in [9.17, 15) is 4.39 Å². The fourth-order valence-corrected chi connectivity index (χ4v) is 3.65. The van der Waals surface area contributed by atoms with E-state index in [1.807, 2.05) is 17.0 Å². The topological polar surface area (TPSA) is 91.5 Å². The Balaban J connectivity index is 1.26. The van der Waals surface area contributed by atoms with Crippen LogP contribution in [0.25, 0.3) is 11.4 Å². The Hall–Kier alpha value is -3.20. The summed E-state index contributed by atoms with van der Waals surface area (Å²) >= 11 is 6.02. The van der Waals surface area contributed by atoms with E-state index in [1.54, 1.807) is 31.4 Å². The van der Waals surface area contributed by atoms with Crippen molar-refractivity contribution in [3.8, 4) is 11.4 Å². The smallest absolute Gasteiger partial charge is 0.228 e. The highest BCUT2D eigenvalue weighted by Gasteiger charge is 2.25. The number of hydrogen-bond donors (Lipinski definition) is 2. The molecule has 1 aromatic carbocycles. The van der Waals surface area contributed by atoms with Gasteiger partial charge >= 0.3 is 0 Å². The number of guanidine groups is 1. The van der Waals surface area contributed by atoms with Crippen LogP contribution in [0.2, 0.25) is 5.02 Å². The van der Waals surface area contributed by atoms with Gasteiger partial charge in [0.1, 0.15) is 0 Å². The number of nitrogens with zero attached hydrogens (tertiary/aromatic N) is 5. The number of halogens is 2. The van der Waals surface area contributed by atoms with Crippen molar-refractivity contribution in [3.05, 3.63) is 59.3 Å². The molecule has 1 saturated heterocycles. The van der Waals surface area contributed by atoms with Gasteiger partial charge in [-0.25, -0.2) is 9.37 Å². The first-order chi connectivity index (χ1) is 15.1. The molecule has 1 unspecified atom stereocenters. The normalized spacial score (nSPS) is 16.5. The first-order valence-corrected chi connectivity index (χ1v) is 10.4. The van der Waals surface area contributed by atoms with Gasteiger partial charge < -0.3 is 20.1 Å². The maximum atomic E-state index is 14.0. The molecule has 2 aromatic heterocycles. The summed E-state index contributed by atoms with van der Waals surface area (Å²) in [7, 11) is 1.71. The lowest BCUT2D eigenvalue weighted by Crippen LogP contribution is -2.45. The zero-order valence-electron chi connectivity index (χ0n) is 17.1. The number of anilines is 1. The van der Waals surface area contributed by atoms with Crippen molar-refractivity contribution in [3.63, 3.8) is 0 Å². The Morgan fingerprint density at radius 2 is 2.26 bits per heavy atom. The number of aliphatic imine (C=N–C) groups is 1. The summed E-state index contributed by atoms with van der Waals surface area (Å²) in [5.74, 6) is 1.79. The zero-order chi connectivity index (χ0) is 21.6. The summed E-state index contributed by atoms with van der Waals surface area (Å²) in [6.07, 6.45) is 3.02. The molecule has 4 rings (SSSR count). The summed E-state index contributed by atoms with van der Waals surface area (Å²) in [6, 6.07) is 10.5. The Morgan fingerprint density at radius 3 is 3.06 bits per heavy atom. The molecule has 0 amide bonds. The Labute approximate surface area is 184 Å². The third kappa shape index (κ3) is 5.29. The van der Waals surface area contributed by atoms with E-state index in [-0.39, 0.29) is 11.9 Å². The van der Waals surface area contributed by atoms with Crippen LogP contribution in [0.1, 0.15) is 12.3 Å². The van der Waals surface area contributed by atoms with Gasteiger partial charge in [-0.1, -0.05) is 28.9 Å². The molecule has 3 heterocycles. The van der Waals surface area contributed by atoms with Crippen molar-refractivity contribution in [2.45, 2.75) is 18.9 Å². The number of nitrogens with one attached hydrogen (secondary N) is 2. The highest BCUT2D eigenvalue weighted by Crippen LogP contribution is 2.21. The van der Waals surface area contributed by atoms with Gasteiger partial charge in [0.15, 0.2) is 17.6 Å². The molecule has 0 aliphatic carbocycles. The van der Waals surface area contributed by atoms with Crippen LogP contribution in [0.4, 0.5) is 10.2 Å². The van der Waals surface area contributed by atoms with E-state index in [0.717, 1.165) is 18.5 Å². The highest BCUT2D eigenvalue weighted by atomic mass is 35.5. The second-order valence-corrected chi connectivity index (χ2v) is 7.59. The van der Waals surface area contributed by atoms with E-state index in [2.05, 4.69) is 30.8 Å². The van der Waals surface area contributed by atoms with Crippen LogP contribution in [0.5, 0.6) is 0 Å². The van der Waals surface area contributed by atoms with Crippen molar-refractivity contribution in [1.82, 2.24) is 25.8 Å². The second kappa shape index (κ2) is 9.74. The first-order valence-electron chi connectivity index (χ1n) is 10.0. The lowest BCUT2D eigenvalue weighted by Gasteiger charge is -2.19. The van der Waals surface area contributed by atoms with Gasteiger partial charge in [0.25, 0.3) is 0 Å². The third-order valence-corrected chi connectivity index (χ3v) is 5.21. The minimum Gasteiger partial charge on any atom is -0.356 e. The van der Waals surface area contributed by atoms with Crippen molar-refractivity contribution in [2.24, 2.45) is 4.99 Å². The number of rotatable bonds is 6. The maximum absolute atomic E-state index is 14.0. The number of hydrogen-bond acceptors (Lipinski definition) is 6. The van der Waals surface area contributed by atoms with E-state index < -0.39 is 0 Å². The zero-order valence-corrected chi connectivity index (χ0v) is 17.8. The molecule has 0 spiro atoms. The van der Waals surface area contributed by atoms with Gasteiger partial charge in [0.05, 0.1) is 0 Å². The minimum atomic E-state index is -0.303. The SMILES string of the molecule is CN=C(NCCc1nc(-c2cccc(Cl)c2)no1)NC1CCN(c2ncccc2F)C1. The minimum absolute atomic E-state index is 0.144. The number of pyridine rings is 1. The molecule has 1 aliphatic heterocycles. The number of aromatic nitrogens is 3. The molecular formula is C21H23ClFN7O. The molecule has 0 bridgehead atoms. The van der Waals surface area contributed by atoms with E-state index in [4.69, 9.17) is 16.1 Å². The van der Waals surface area contributed by atoms with Crippen LogP contribution in [0.15, 0.2) is 52.1 Å². The molecule has 0 radical (unpaired) electrons. The summed E-state index contributed by atoms with van der Waals surface area (Å²) in [5.41, 5.74) is 0.808. The van der Waals surface area contributed by atoms with Crippen molar-refractivity contribution in [2.75, 3.05) is 31.6 Å². The highest BCUT2D eigenvalue weighted by molar-refractivity contribution is 6.30. The van der Waals surface area contributed by atoms with Crippen molar-refractivity contribution < 1.29 is 8.91 Å². The summed E-state index contributed by atoms with van der Waals surface area (Å²) in [5, 5.41) is 11.3. The number of benzene rings is 1. The first kappa shape index (κ1) is 21.0. The molecule has 0 saturated carbocycles. The van der Waals surface area contributed by atoms with Gasteiger partial charge in [-0.15, -0.1) is 0 Å². The fraction of sp³-hybridized carbons (Fsp3) is 0.333. The molecule has 1 atom stereocenters. The average Bonchev–Trinajstić information content (AvgIpc) is 3.43. The molecule has 1 fully saturated rings. The molecular weight excluding hydrogens is 421 g/mol. The standard InChI is InChI=1S/C21H23ClFN7O/c1-24-21(27-16-8-11-30(13-16)20-17(23)6-3-9-25-20)26-10-7-18-28-19(29-31-18)14-4-2-5-15(22)12-14/h2-6,9,12,16H,7-8,10-11,13H2,1H3,(H2,24,26,27). The van der Waals surface area contributed by atoms with Gasteiger partial charge in [-0.2, -0.15) is 4.98 Å². The van der Waals surface area contributed by atoms with E-state index >= 15 is 0 Å². The van der Waals surface area contributed by atoms with Gasteiger partial charge in [-0.05, 0) is 30.7 Å². The lowest BCUT2D eigenvalue weighted by atomic mass is 10.2. The quantitative estimate of drug-likeness (QED) is 0.447. The average molecular weight is 444 g/mol. The van der Waals surface area contributed by atoms with Crippen LogP contribution < -0.4 is 15.5 Å². The van der Waals surface area contributed by atoms with Gasteiger partial charge in [-0.3, -0.25) is 4.99 Å². The van der Waals surface area contributed by atoms with Crippen LogP contribution in [0.3, 0.4) is 0 Å². The van der Waals surface area contributed by atoms with Gasteiger partial charge in [0, 0.05) is 55.9 Å². The maximum Gasteiger partial charge on any atom is 0.228 e. The van der Waals surface area contributed by atoms with E-state index in [1.165, 1.54) is 6.07 Å². The molecule has 31 heavy (non-hydrogen) atoms. The molecule has 2 N–H and O–H groups in total. The Kier molecular flexibility index (Phi) is 6.61. The lowest BCUT2D eigenvalue weighted by molar-refractivity contribution is 0.378. The fourth-order valence-electron chi connectivity index (χ4n) is 3.46. The summed E-state index contributed by atoms with van der Waals surface area (Å²) in [6.45, 7) is 1.96. The second-order valence-electron chi connectivity index (χ2n) is 7.16. The summed E-state index contributed by atoms with van der Waals surface area (Å²) in [4.78, 5) is 14.8. The van der Waals surface area contributed by atoms with Crippen molar-refractivity contribution >= 4 is 23.4 Å². The van der Waals surface area contributed by atoms with Crippen LogP contribution in [-0.2, 0) is 6.42 Å². The molecule has 10 heteroatoms. The molecule has 8 nitrogen and oxygen atoms in total. The predicted molar refractivity (Wildman–Crippen MR) is 118 cm³/mol. The van der Waals surface area contributed by atoms with E-state index in [0.29, 0.717) is 48.0 Å². The summed E-state index contributed by atoms with van der Waals surface area (Å²) < 4.78 is 19.3.